The van der Waals surface area contributed by atoms with E-state index in [0.717, 1.165) is 11.4 Å². The molecule has 2 aromatic heterocycles. The molecule has 0 aliphatic heterocycles. The Balaban J connectivity index is 1.63. The molecule has 2 heterocycles. The number of hydrogen-bond acceptors (Lipinski definition) is 4. The predicted octanol–water partition coefficient (Wildman–Crippen LogP) is 2.69. The molecule has 1 aromatic carbocycles. The van der Waals surface area contributed by atoms with Gasteiger partial charge in [-0.1, -0.05) is 18.2 Å². The quantitative estimate of drug-likeness (QED) is 0.682. The van der Waals surface area contributed by atoms with Gasteiger partial charge in [-0.2, -0.15) is 5.10 Å². The van der Waals surface area contributed by atoms with Gasteiger partial charge >= 0.3 is 0 Å². The molecule has 0 atom stereocenters. The van der Waals surface area contributed by atoms with Crippen molar-refractivity contribution in [3.05, 3.63) is 65.4 Å². The first-order valence-electron chi connectivity index (χ1n) is 7.25. The highest BCUT2D eigenvalue weighted by Gasteiger charge is 2.16. The van der Waals surface area contributed by atoms with Gasteiger partial charge in [-0.3, -0.25) is 9.67 Å². The van der Waals surface area contributed by atoms with Crippen LogP contribution in [-0.4, -0.2) is 29.7 Å². The number of rotatable bonds is 6. The third-order valence-electron chi connectivity index (χ3n) is 3.33. The second kappa shape index (κ2) is 7.25. The van der Waals surface area contributed by atoms with E-state index < -0.39 is 10.0 Å². The highest BCUT2D eigenvalue weighted by atomic mass is 79.9. The lowest BCUT2D eigenvalue weighted by Crippen LogP contribution is -2.27. The van der Waals surface area contributed by atoms with E-state index in [2.05, 4.69) is 30.7 Å². The van der Waals surface area contributed by atoms with Gasteiger partial charge in [-0.05, 0) is 46.3 Å². The van der Waals surface area contributed by atoms with Gasteiger partial charge in [-0.25, -0.2) is 13.1 Å². The van der Waals surface area contributed by atoms with Gasteiger partial charge in [0.05, 0.1) is 17.1 Å². The Morgan fingerprint density at radius 3 is 2.58 bits per heavy atom. The van der Waals surface area contributed by atoms with Crippen LogP contribution in [-0.2, 0) is 16.6 Å². The molecule has 0 radical (unpaired) electrons. The zero-order valence-electron chi connectivity index (χ0n) is 12.6. The first-order valence-corrected chi connectivity index (χ1v) is 9.53. The minimum atomic E-state index is -3.56. The van der Waals surface area contributed by atoms with E-state index >= 15 is 0 Å². The van der Waals surface area contributed by atoms with Crippen LogP contribution in [0.3, 0.4) is 0 Å². The lowest BCUT2D eigenvalue weighted by atomic mass is 10.3. The van der Waals surface area contributed by atoms with Crippen LogP contribution in [0.1, 0.15) is 0 Å². The smallest absolute Gasteiger partial charge is 0.241 e. The number of benzene rings is 1. The summed E-state index contributed by atoms with van der Waals surface area (Å²) in [6, 6.07) is 14.2. The molecule has 0 amide bonds. The molecular weight excluding hydrogens is 392 g/mol. The van der Waals surface area contributed by atoms with Crippen molar-refractivity contribution < 1.29 is 8.42 Å². The van der Waals surface area contributed by atoms with E-state index in [1.165, 1.54) is 0 Å². The Morgan fingerprint density at radius 1 is 1.04 bits per heavy atom. The lowest BCUT2D eigenvalue weighted by Gasteiger charge is -2.08. The van der Waals surface area contributed by atoms with Gasteiger partial charge in [0.2, 0.25) is 10.0 Å². The number of sulfonamides is 1. The summed E-state index contributed by atoms with van der Waals surface area (Å²) in [4.78, 5) is 4.46. The summed E-state index contributed by atoms with van der Waals surface area (Å²) in [5.41, 5.74) is 1.54. The number of nitrogens with one attached hydrogen (secondary N) is 1. The lowest BCUT2D eigenvalue weighted by molar-refractivity contribution is 0.561. The molecule has 3 aromatic rings. The largest absolute Gasteiger partial charge is 0.271 e. The summed E-state index contributed by atoms with van der Waals surface area (Å²) in [5, 5.41) is 4.40. The van der Waals surface area contributed by atoms with Crippen LogP contribution in [0.15, 0.2) is 70.3 Å². The topological polar surface area (TPSA) is 76.9 Å². The Bertz CT molecular complexity index is 926. The summed E-state index contributed by atoms with van der Waals surface area (Å²) >= 11 is 3.25. The standard InChI is InChI=1S/C16H15BrN4O2S/c17-13-5-1-2-7-16(13)24(22,23)19-10-12-21-11-8-15(20-21)14-6-3-4-9-18-14/h1-9,11,19H,10,12H2. The highest BCUT2D eigenvalue weighted by Crippen LogP contribution is 2.20. The minimum absolute atomic E-state index is 0.222. The van der Waals surface area contributed by atoms with Gasteiger partial charge in [0.15, 0.2) is 0 Å². The Hall–Kier alpha value is -2.03. The fourth-order valence-electron chi connectivity index (χ4n) is 2.17. The third-order valence-corrected chi connectivity index (χ3v) is 5.80. The molecule has 3 rings (SSSR count). The van der Waals surface area contributed by atoms with Crippen LogP contribution >= 0.6 is 15.9 Å². The van der Waals surface area contributed by atoms with Gasteiger partial charge in [-0.15, -0.1) is 0 Å². The molecule has 0 saturated heterocycles. The van der Waals surface area contributed by atoms with Crippen LogP contribution < -0.4 is 4.72 Å². The second-order valence-electron chi connectivity index (χ2n) is 5.01. The van der Waals surface area contributed by atoms with E-state index in [4.69, 9.17) is 0 Å². The van der Waals surface area contributed by atoms with Crippen molar-refractivity contribution in [1.82, 2.24) is 19.5 Å². The predicted molar refractivity (Wildman–Crippen MR) is 94.8 cm³/mol. The number of aromatic nitrogens is 3. The average Bonchev–Trinajstić information content (AvgIpc) is 3.05. The number of hydrogen-bond donors (Lipinski definition) is 1. The maximum Gasteiger partial charge on any atom is 0.241 e. The molecule has 0 unspecified atom stereocenters. The van der Waals surface area contributed by atoms with Crippen molar-refractivity contribution in [3.63, 3.8) is 0 Å². The third kappa shape index (κ3) is 3.89. The zero-order valence-corrected chi connectivity index (χ0v) is 15.0. The molecule has 0 spiro atoms. The van der Waals surface area contributed by atoms with Crippen molar-refractivity contribution in [1.29, 1.82) is 0 Å². The molecule has 0 aliphatic carbocycles. The van der Waals surface area contributed by atoms with Gasteiger partial charge in [0.25, 0.3) is 0 Å². The first-order chi connectivity index (χ1) is 11.6. The molecule has 0 fully saturated rings. The monoisotopic (exact) mass is 406 g/mol. The zero-order chi connectivity index (χ0) is 17.0. The van der Waals surface area contributed by atoms with E-state index in [0.29, 0.717) is 11.0 Å². The van der Waals surface area contributed by atoms with Gasteiger partial charge in [0, 0.05) is 23.4 Å². The number of pyridine rings is 1. The van der Waals surface area contributed by atoms with Crippen molar-refractivity contribution in [3.8, 4) is 11.4 Å². The number of halogens is 1. The summed E-state index contributed by atoms with van der Waals surface area (Å²) in [6.07, 6.45) is 3.51. The molecule has 0 bridgehead atoms. The Labute approximate surface area is 148 Å². The normalized spacial score (nSPS) is 11.5. The van der Waals surface area contributed by atoms with Gasteiger partial charge < -0.3 is 0 Å². The summed E-state index contributed by atoms with van der Waals surface area (Å²) < 4.78 is 29.4. The highest BCUT2D eigenvalue weighted by molar-refractivity contribution is 9.10. The van der Waals surface area contributed by atoms with Crippen molar-refractivity contribution in [2.75, 3.05) is 6.54 Å². The summed E-state index contributed by atoms with van der Waals surface area (Å²) in [6.45, 7) is 0.670. The molecule has 124 valence electrons. The summed E-state index contributed by atoms with van der Waals surface area (Å²) in [7, 11) is -3.56. The van der Waals surface area contributed by atoms with E-state index in [-0.39, 0.29) is 11.4 Å². The van der Waals surface area contributed by atoms with Crippen molar-refractivity contribution in [2.24, 2.45) is 0 Å². The molecule has 0 saturated carbocycles. The maximum absolute atomic E-state index is 12.3. The Morgan fingerprint density at radius 2 is 1.83 bits per heavy atom. The van der Waals surface area contributed by atoms with Crippen molar-refractivity contribution >= 4 is 26.0 Å². The minimum Gasteiger partial charge on any atom is -0.271 e. The van der Waals surface area contributed by atoms with E-state index in [1.54, 1.807) is 41.3 Å². The van der Waals surface area contributed by atoms with E-state index in [1.807, 2.05) is 24.3 Å². The molecule has 24 heavy (non-hydrogen) atoms. The molecule has 8 heteroatoms. The van der Waals surface area contributed by atoms with Crippen LogP contribution in [0, 0.1) is 0 Å². The van der Waals surface area contributed by atoms with Gasteiger partial charge in [0.1, 0.15) is 5.69 Å². The Kier molecular flexibility index (Phi) is 5.08. The fraction of sp³-hybridized carbons (Fsp3) is 0.125. The summed E-state index contributed by atoms with van der Waals surface area (Å²) in [5.74, 6) is 0. The SMILES string of the molecule is O=S(=O)(NCCn1ccc(-c2ccccn2)n1)c1ccccc1Br. The van der Waals surface area contributed by atoms with Crippen molar-refractivity contribution in [2.45, 2.75) is 11.4 Å². The average molecular weight is 407 g/mol. The van der Waals surface area contributed by atoms with Crippen LogP contribution in [0.4, 0.5) is 0 Å². The molecule has 6 nitrogen and oxygen atoms in total. The van der Waals surface area contributed by atoms with Crippen LogP contribution in [0.25, 0.3) is 11.4 Å². The van der Waals surface area contributed by atoms with E-state index in [9.17, 15) is 8.42 Å². The van der Waals surface area contributed by atoms with Crippen LogP contribution in [0.2, 0.25) is 0 Å². The molecule has 0 aliphatic rings. The molecule has 1 N–H and O–H groups in total. The molecular formula is C16H15BrN4O2S. The maximum atomic E-state index is 12.3. The fourth-order valence-corrected chi connectivity index (χ4v) is 4.19. The second-order valence-corrected chi connectivity index (χ2v) is 7.60. The first kappa shape index (κ1) is 16.8. The van der Waals surface area contributed by atoms with Crippen LogP contribution in [0.5, 0.6) is 0 Å². The number of nitrogens with zero attached hydrogens (tertiary/aromatic N) is 3.